The quantitative estimate of drug-likeness (QED) is 0.464. The van der Waals surface area contributed by atoms with Crippen molar-refractivity contribution in [3.63, 3.8) is 0 Å². The first-order chi connectivity index (χ1) is 9.58. The van der Waals surface area contributed by atoms with Gasteiger partial charge in [-0.05, 0) is 46.7 Å². The summed E-state index contributed by atoms with van der Waals surface area (Å²) >= 11 is 4.61. The van der Waals surface area contributed by atoms with Crippen molar-refractivity contribution in [1.29, 1.82) is 0 Å². The number of fused-ring (bicyclic) bond motifs is 1. The topological polar surface area (TPSA) is 96.1 Å². The van der Waals surface area contributed by atoms with Crippen LogP contribution in [0.4, 0.5) is 0 Å². The van der Waals surface area contributed by atoms with Gasteiger partial charge in [0.2, 0.25) is 0 Å². The summed E-state index contributed by atoms with van der Waals surface area (Å²) in [5.41, 5.74) is 1.91. The van der Waals surface area contributed by atoms with Gasteiger partial charge in [0, 0.05) is 7.05 Å². The van der Waals surface area contributed by atoms with Gasteiger partial charge in [-0.2, -0.15) is 12.6 Å². The smallest absolute Gasteiger partial charge is 0.165 e. The molecule has 0 spiro atoms. The SMILES string of the molecule is Br.Cn1nnnc1C(S)C1NCCc2cc(O)c(O)cc21. The zero-order valence-electron chi connectivity index (χ0n) is 11.3. The lowest BCUT2D eigenvalue weighted by Gasteiger charge is -2.30. The summed E-state index contributed by atoms with van der Waals surface area (Å²) in [5.74, 6) is 0.417. The van der Waals surface area contributed by atoms with Gasteiger partial charge in [0.25, 0.3) is 0 Å². The van der Waals surface area contributed by atoms with Crippen LogP contribution in [0.25, 0.3) is 0 Å². The molecule has 1 aromatic carbocycles. The highest BCUT2D eigenvalue weighted by Crippen LogP contribution is 2.40. The highest BCUT2D eigenvalue weighted by molar-refractivity contribution is 8.93. The lowest BCUT2D eigenvalue weighted by Crippen LogP contribution is -2.33. The van der Waals surface area contributed by atoms with E-state index in [-0.39, 0.29) is 39.8 Å². The molecular weight excluding hydrogens is 358 g/mol. The minimum absolute atomic E-state index is 0. The Kier molecular flexibility index (Phi) is 4.74. The summed E-state index contributed by atoms with van der Waals surface area (Å²) in [7, 11) is 1.76. The van der Waals surface area contributed by atoms with E-state index in [1.807, 2.05) is 0 Å². The zero-order valence-corrected chi connectivity index (χ0v) is 13.9. The number of nitrogens with one attached hydrogen (secondary N) is 1. The van der Waals surface area contributed by atoms with E-state index >= 15 is 0 Å². The van der Waals surface area contributed by atoms with Crippen molar-refractivity contribution in [3.05, 3.63) is 29.1 Å². The van der Waals surface area contributed by atoms with Crippen molar-refractivity contribution in [2.24, 2.45) is 7.05 Å². The Morgan fingerprint density at radius 1 is 1.38 bits per heavy atom. The van der Waals surface area contributed by atoms with Crippen molar-refractivity contribution < 1.29 is 10.2 Å². The van der Waals surface area contributed by atoms with Gasteiger partial charge in [-0.25, -0.2) is 4.68 Å². The molecule has 0 aliphatic carbocycles. The maximum atomic E-state index is 9.71. The van der Waals surface area contributed by atoms with E-state index in [2.05, 4.69) is 33.5 Å². The third-order valence-corrected chi connectivity index (χ3v) is 4.09. The van der Waals surface area contributed by atoms with Crippen LogP contribution in [0.3, 0.4) is 0 Å². The standard InChI is InChI=1S/C12H15N5O2S.BrH/c1-17-12(14-15-16-17)11(20)10-7-5-9(19)8(18)4-6(7)2-3-13-10;/h4-5,10-11,13,18-20H,2-3H2,1H3;1H. The molecule has 2 aromatic rings. The van der Waals surface area contributed by atoms with Crippen LogP contribution in [-0.2, 0) is 13.5 Å². The van der Waals surface area contributed by atoms with Gasteiger partial charge < -0.3 is 15.5 Å². The Morgan fingerprint density at radius 2 is 2.10 bits per heavy atom. The number of aromatic hydroxyl groups is 2. The molecule has 0 saturated carbocycles. The average Bonchev–Trinajstić information content (AvgIpc) is 2.85. The number of aryl methyl sites for hydroxylation is 1. The highest BCUT2D eigenvalue weighted by Gasteiger charge is 2.30. The van der Waals surface area contributed by atoms with Crippen molar-refractivity contribution in [2.75, 3.05) is 6.54 Å². The fourth-order valence-electron chi connectivity index (χ4n) is 2.53. The molecule has 0 fully saturated rings. The number of phenolic OH excluding ortho intramolecular Hbond substituents is 2. The van der Waals surface area contributed by atoms with Crippen LogP contribution >= 0.6 is 29.6 Å². The van der Waals surface area contributed by atoms with E-state index in [0.29, 0.717) is 5.82 Å². The molecule has 1 aromatic heterocycles. The summed E-state index contributed by atoms with van der Waals surface area (Å²) < 4.78 is 1.58. The maximum Gasteiger partial charge on any atom is 0.165 e. The minimum atomic E-state index is -0.252. The van der Waals surface area contributed by atoms with E-state index in [1.54, 1.807) is 23.9 Å². The number of rotatable bonds is 2. The third kappa shape index (κ3) is 2.85. The Balaban J connectivity index is 0.00000161. The Hall–Kier alpha value is -1.32. The Bertz CT molecular complexity index is 651. The first-order valence-electron chi connectivity index (χ1n) is 6.26. The minimum Gasteiger partial charge on any atom is -0.504 e. The molecule has 7 nitrogen and oxygen atoms in total. The van der Waals surface area contributed by atoms with E-state index < -0.39 is 0 Å². The molecule has 9 heteroatoms. The van der Waals surface area contributed by atoms with Crippen LogP contribution in [0, 0.1) is 0 Å². The van der Waals surface area contributed by atoms with E-state index in [4.69, 9.17) is 0 Å². The third-order valence-electron chi connectivity index (χ3n) is 3.56. The normalized spacial score (nSPS) is 18.7. The largest absolute Gasteiger partial charge is 0.504 e. The zero-order chi connectivity index (χ0) is 14.3. The molecule has 2 unspecified atom stereocenters. The van der Waals surface area contributed by atoms with E-state index in [0.717, 1.165) is 24.1 Å². The van der Waals surface area contributed by atoms with Gasteiger partial charge >= 0.3 is 0 Å². The molecule has 2 atom stereocenters. The number of benzene rings is 1. The molecule has 0 radical (unpaired) electrons. The molecule has 3 N–H and O–H groups in total. The second-order valence-electron chi connectivity index (χ2n) is 4.83. The van der Waals surface area contributed by atoms with Crippen LogP contribution < -0.4 is 5.32 Å². The fourth-order valence-corrected chi connectivity index (χ4v) is 3.02. The molecule has 0 amide bonds. The van der Waals surface area contributed by atoms with Gasteiger partial charge in [0.15, 0.2) is 17.3 Å². The van der Waals surface area contributed by atoms with Crippen molar-refractivity contribution >= 4 is 29.6 Å². The first-order valence-corrected chi connectivity index (χ1v) is 6.78. The van der Waals surface area contributed by atoms with Gasteiger partial charge in [-0.15, -0.1) is 22.1 Å². The molecule has 1 aliphatic rings. The second-order valence-corrected chi connectivity index (χ2v) is 5.38. The van der Waals surface area contributed by atoms with Crippen molar-refractivity contribution in [3.8, 4) is 11.5 Å². The molecule has 114 valence electrons. The number of thiol groups is 1. The number of tetrazole rings is 1. The summed E-state index contributed by atoms with van der Waals surface area (Å²) in [4.78, 5) is 0. The van der Waals surface area contributed by atoms with Crippen LogP contribution in [0.1, 0.15) is 28.2 Å². The molecule has 0 bridgehead atoms. The molecule has 1 aliphatic heterocycles. The molecule has 3 rings (SSSR count). The van der Waals surface area contributed by atoms with Crippen LogP contribution in [0.5, 0.6) is 11.5 Å². The number of aromatic nitrogens is 4. The van der Waals surface area contributed by atoms with E-state index in [1.165, 1.54) is 0 Å². The first kappa shape index (κ1) is 16.1. The van der Waals surface area contributed by atoms with Crippen LogP contribution in [0.2, 0.25) is 0 Å². The molecular formula is C12H16BrN5O2S. The van der Waals surface area contributed by atoms with Crippen molar-refractivity contribution in [2.45, 2.75) is 17.7 Å². The summed E-state index contributed by atoms with van der Waals surface area (Å²) in [6, 6.07) is 3.06. The predicted octanol–water partition coefficient (Wildman–Crippen LogP) is 1.06. The Morgan fingerprint density at radius 3 is 2.76 bits per heavy atom. The summed E-state index contributed by atoms with van der Waals surface area (Å²) in [6.45, 7) is 0.768. The van der Waals surface area contributed by atoms with Gasteiger partial charge in [-0.3, -0.25) is 0 Å². The number of nitrogens with zero attached hydrogens (tertiary/aromatic N) is 4. The highest BCUT2D eigenvalue weighted by atomic mass is 79.9. The fraction of sp³-hybridized carbons (Fsp3) is 0.417. The summed E-state index contributed by atoms with van der Waals surface area (Å²) in [6.07, 6.45) is 0.789. The second kappa shape index (κ2) is 6.20. The van der Waals surface area contributed by atoms with Crippen LogP contribution in [0.15, 0.2) is 12.1 Å². The van der Waals surface area contributed by atoms with Crippen LogP contribution in [-0.4, -0.2) is 37.0 Å². The number of halogens is 1. The monoisotopic (exact) mass is 373 g/mol. The lowest BCUT2D eigenvalue weighted by molar-refractivity contribution is 0.397. The molecule has 0 saturated heterocycles. The van der Waals surface area contributed by atoms with Crippen molar-refractivity contribution in [1.82, 2.24) is 25.5 Å². The molecule has 2 heterocycles. The maximum absolute atomic E-state index is 9.71. The molecule has 21 heavy (non-hydrogen) atoms. The number of hydrogen-bond donors (Lipinski definition) is 4. The predicted molar refractivity (Wildman–Crippen MR) is 85.1 cm³/mol. The number of phenols is 2. The lowest BCUT2D eigenvalue weighted by atomic mass is 9.91. The number of hydrogen-bond acceptors (Lipinski definition) is 7. The Labute approximate surface area is 137 Å². The van der Waals surface area contributed by atoms with Gasteiger partial charge in [0.05, 0.1) is 11.3 Å². The average molecular weight is 374 g/mol. The van der Waals surface area contributed by atoms with E-state index in [9.17, 15) is 10.2 Å². The summed E-state index contributed by atoms with van der Waals surface area (Å²) in [5, 5.41) is 33.8. The van der Waals surface area contributed by atoms with Gasteiger partial charge in [0.1, 0.15) is 0 Å². The van der Waals surface area contributed by atoms with Gasteiger partial charge in [-0.1, -0.05) is 0 Å².